The number of aliphatic hydroxyl groups excluding tert-OH is 1. The Morgan fingerprint density at radius 3 is 2.68 bits per heavy atom. The van der Waals surface area contributed by atoms with E-state index in [0.29, 0.717) is 24.0 Å². The zero-order valence-electron chi connectivity index (χ0n) is 14.5. The summed E-state index contributed by atoms with van der Waals surface area (Å²) in [6, 6.07) is 9.76. The molecule has 6 nitrogen and oxygen atoms in total. The molecule has 0 aliphatic rings. The van der Waals surface area contributed by atoms with Crippen molar-refractivity contribution in [2.24, 2.45) is 0 Å². The van der Waals surface area contributed by atoms with E-state index in [2.05, 4.69) is 10.1 Å². The minimum atomic E-state index is -0.306. The van der Waals surface area contributed by atoms with Crippen molar-refractivity contribution in [1.29, 1.82) is 0 Å². The first-order valence-corrected chi connectivity index (χ1v) is 8.04. The molecule has 3 aromatic rings. The Morgan fingerprint density at radius 1 is 1.28 bits per heavy atom. The van der Waals surface area contributed by atoms with E-state index in [4.69, 9.17) is 4.42 Å². The first-order valence-electron chi connectivity index (χ1n) is 8.04. The quantitative estimate of drug-likeness (QED) is 0.744. The number of furan rings is 1. The Balaban J connectivity index is 2.10. The topological polar surface area (TPSA) is 67.3 Å². The van der Waals surface area contributed by atoms with Crippen molar-refractivity contribution in [1.82, 2.24) is 19.7 Å². The molecule has 3 rings (SSSR count). The number of aliphatic hydroxyl groups is 1. The van der Waals surface area contributed by atoms with Crippen molar-refractivity contribution in [3.63, 3.8) is 0 Å². The highest BCUT2D eigenvalue weighted by Gasteiger charge is 2.25. The normalized spacial score (nSPS) is 12.7. The minimum absolute atomic E-state index is 0.0731. The van der Waals surface area contributed by atoms with Crippen LogP contribution in [0.5, 0.6) is 0 Å². The molecule has 7 heteroatoms. The molecular weight excluding hydrogens is 323 g/mol. The lowest BCUT2D eigenvalue weighted by molar-refractivity contribution is 0.256. The summed E-state index contributed by atoms with van der Waals surface area (Å²) in [4.78, 5) is 6.56. The highest BCUT2D eigenvalue weighted by Crippen LogP contribution is 2.28. The zero-order chi connectivity index (χ0) is 18.0. The van der Waals surface area contributed by atoms with E-state index in [-0.39, 0.29) is 18.5 Å². The van der Waals surface area contributed by atoms with Crippen molar-refractivity contribution in [3.8, 4) is 11.6 Å². The highest BCUT2D eigenvalue weighted by atomic mass is 19.1. The van der Waals surface area contributed by atoms with Crippen LogP contribution >= 0.6 is 0 Å². The fourth-order valence-electron chi connectivity index (χ4n) is 2.83. The number of aromatic nitrogens is 3. The van der Waals surface area contributed by atoms with Crippen LogP contribution in [0, 0.1) is 12.7 Å². The third kappa shape index (κ3) is 3.62. The predicted molar refractivity (Wildman–Crippen MR) is 91.5 cm³/mol. The molecule has 0 saturated carbocycles. The van der Waals surface area contributed by atoms with Crippen molar-refractivity contribution in [3.05, 3.63) is 59.4 Å². The number of nitrogens with zero attached hydrogens (tertiary/aromatic N) is 4. The molecule has 0 aliphatic carbocycles. The van der Waals surface area contributed by atoms with E-state index in [1.807, 2.05) is 44.1 Å². The Hall–Kier alpha value is -2.51. The van der Waals surface area contributed by atoms with Gasteiger partial charge in [0.2, 0.25) is 5.82 Å². The molecule has 2 aromatic heterocycles. The molecule has 0 aliphatic heterocycles. The number of rotatable bonds is 6. The summed E-state index contributed by atoms with van der Waals surface area (Å²) in [7, 11) is 3.79. The molecule has 0 amide bonds. The summed E-state index contributed by atoms with van der Waals surface area (Å²) in [6.45, 7) is 2.07. The lowest BCUT2D eigenvalue weighted by Crippen LogP contribution is -2.25. The van der Waals surface area contributed by atoms with Crippen LogP contribution in [0.1, 0.15) is 23.2 Å². The van der Waals surface area contributed by atoms with E-state index in [1.54, 1.807) is 10.7 Å². The van der Waals surface area contributed by atoms with Crippen molar-refractivity contribution in [2.75, 3.05) is 20.7 Å². The number of aryl methyl sites for hydroxylation is 1. The van der Waals surface area contributed by atoms with Gasteiger partial charge in [0.15, 0.2) is 5.76 Å². The number of hydrogen-bond donors (Lipinski definition) is 1. The standard InChI is InChI=1S/C18H21FN4O2/c1-12-7-8-15(25-12)17-20-18(23(21-17)9-10-24)16(22(2)3)13-5-4-6-14(19)11-13/h4-8,11,16,24H,9-10H2,1-3H3. The van der Waals surface area contributed by atoms with Gasteiger partial charge in [-0.25, -0.2) is 14.1 Å². The lowest BCUT2D eigenvalue weighted by atomic mass is 10.1. The second-order valence-electron chi connectivity index (χ2n) is 6.07. The van der Waals surface area contributed by atoms with Gasteiger partial charge in [-0.3, -0.25) is 4.90 Å². The molecule has 0 saturated heterocycles. The summed E-state index contributed by atoms with van der Waals surface area (Å²) < 4.78 is 21.0. The molecule has 0 spiro atoms. The summed E-state index contributed by atoms with van der Waals surface area (Å²) in [5, 5.41) is 13.8. The monoisotopic (exact) mass is 344 g/mol. The molecule has 1 unspecified atom stereocenters. The number of hydrogen-bond acceptors (Lipinski definition) is 5. The Morgan fingerprint density at radius 2 is 2.08 bits per heavy atom. The van der Waals surface area contributed by atoms with Gasteiger partial charge < -0.3 is 9.52 Å². The maximum Gasteiger partial charge on any atom is 0.217 e. The molecule has 0 fully saturated rings. The number of halogens is 1. The van der Waals surface area contributed by atoms with Crippen LogP contribution in [0.2, 0.25) is 0 Å². The lowest BCUT2D eigenvalue weighted by Gasteiger charge is -2.24. The minimum Gasteiger partial charge on any atom is -0.458 e. The van der Waals surface area contributed by atoms with Crippen molar-refractivity contribution in [2.45, 2.75) is 19.5 Å². The van der Waals surface area contributed by atoms with Gasteiger partial charge >= 0.3 is 0 Å². The van der Waals surface area contributed by atoms with Crippen LogP contribution in [-0.2, 0) is 6.54 Å². The predicted octanol–water partition coefficient (Wildman–Crippen LogP) is 2.63. The van der Waals surface area contributed by atoms with Gasteiger partial charge in [0.05, 0.1) is 19.2 Å². The molecule has 1 aromatic carbocycles. The molecule has 0 radical (unpaired) electrons. The van der Waals surface area contributed by atoms with Gasteiger partial charge in [-0.1, -0.05) is 12.1 Å². The van der Waals surface area contributed by atoms with Gasteiger partial charge in [0.1, 0.15) is 17.4 Å². The van der Waals surface area contributed by atoms with Gasteiger partial charge in [-0.15, -0.1) is 5.10 Å². The van der Waals surface area contributed by atoms with Crippen molar-refractivity contribution < 1.29 is 13.9 Å². The Kier molecular flexibility index (Phi) is 4.96. The SMILES string of the molecule is Cc1ccc(-c2nc(C(c3cccc(F)c3)N(C)C)n(CCO)n2)o1. The van der Waals surface area contributed by atoms with Crippen LogP contribution in [0.3, 0.4) is 0 Å². The Bertz CT molecular complexity index is 856. The van der Waals surface area contributed by atoms with E-state index in [0.717, 1.165) is 11.3 Å². The Labute approximate surface area is 145 Å². The largest absolute Gasteiger partial charge is 0.458 e. The molecule has 2 heterocycles. The van der Waals surface area contributed by atoms with Crippen molar-refractivity contribution >= 4 is 0 Å². The summed E-state index contributed by atoms with van der Waals surface area (Å²) in [5.74, 6) is 2.09. The van der Waals surface area contributed by atoms with E-state index < -0.39 is 0 Å². The van der Waals surface area contributed by atoms with E-state index >= 15 is 0 Å². The third-order valence-electron chi connectivity index (χ3n) is 3.90. The maximum absolute atomic E-state index is 13.7. The molecule has 25 heavy (non-hydrogen) atoms. The zero-order valence-corrected chi connectivity index (χ0v) is 14.5. The second kappa shape index (κ2) is 7.16. The van der Waals surface area contributed by atoms with Crippen LogP contribution in [0.4, 0.5) is 4.39 Å². The first-order chi connectivity index (χ1) is 12.0. The van der Waals surface area contributed by atoms with Gasteiger partial charge in [-0.05, 0) is 50.8 Å². The van der Waals surface area contributed by atoms with Gasteiger partial charge in [-0.2, -0.15) is 0 Å². The second-order valence-corrected chi connectivity index (χ2v) is 6.07. The average Bonchev–Trinajstić information content (AvgIpc) is 3.15. The molecule has 1 N–H and O–H groups in total. The van der Waals surface area contributed by atoms with Crippen LogP contribution in [-0.4, -0.2) is 45.5 Å². The fourth-order valence-corrected chi connectivity index (χ4v) is 2.83. The third-order valence-corrected chi connectivity index (χ3v) is 3.90. The van der Waals surface area contributed by atoms with Crippen LogP contribution < -0.4 is 0 Å². The summed E-state index contributed by atoms with van der Waals surface area (Å²) in [6.07, 6.45) is 0. The maximum atomic E-state index is 13.7. The average molecular weight is 344 g/mol. The highest BCUT2D eigenvalue weighted by molar-refractivity contribution is 5.47. The van der Waals surface area contributed by atoms with E-state index in [9.17, 15) is 9.50 Å². The van der Waals surface area contributed by atoms with Gasteiger partial charge in [0, 0.05) is 0 Å². The molecule has 0 bridgehead atoms. The molecule has 1 atom stereocenters. The molecule has 132 valence electrons. The molecular formula is C18H21FN4O2. The smallest absolute Gasteiger partial charge is 0.217 e. The fraction of sp³-hybridized carbons (Fsp3) is 0.333. The number of benzene rings is 1. The van der Waals surface area contributed by atoms with Crippen LogP contribution in [0.25, 0.3) is 11.6 Å². The van der Waals surface area contributed by atoms with Crippen LogP contribution in [0.15, 0.2) is 40.8 Å². The first kappa shape index (κ1) is 17.3. The summed E-state index contributed by atoms with van der Waals surface area (Å²) in [5.41, 5.74) is 0.763. The van der Waals surface area contributed by atoms with Gasteiger partial charge in [0.25, 0.3) is 0 Å². The van der Waals surface area contributed by atoms with E-state index in [1.165, 1.54) is 12.1 Å². The summed E-state index contributed by atoms with van der Waals surface area (Å²) >= 11 is 0.